The summed E-state index contributed by atoms with van der Waals surface area (Å²) in [5.41, 5.74) is 1.81. The highest BCUT2D eigenvalue weighted by atomic mass is 16.4. The second kappa shape index (κ2) is 7.01. The number of likely N-dealkylation sites (N-methyl/N-ethyl adjacent to an activating group) is 1. The number of hydrogen-bond donors (Lipinski definition) is 1. The van der Waals surface area contributed by atoms with E-state index in [1.807, 2.05) is 27.7 Å². The smallest absolute Gasteiger partial charge is 0.408 e. The van der Waals surface area contributed by atoms with Crippen LogP contribution in [0.5, 0.6) is 0 Å². The number of rotatable bonds is 4. The Balaban J connectivity index is 2.13. The summed E-state index contributed by atoms with van der Waals surface area (Å²) in [7, 11) is 4.26. The molecule has 134 valence electrons. The van der Waals surface area contributed by atoms with E-state index in [1.54, 1.807) is 0 Å². The number of carboxylic acid groups (broad SMARTS) is 1. The van der Waals surface area contributed by atoms with Gasteiger partial charge in [-0.25, -0.2) is 4.79 Å². The quantitative estimate of drug-likeness (QED) is 0.913. The topological polar surface area (TPSA) is 47.0 Å². The van der Waals surface area contributed by atoms with Crippen molar-refractivity contribution in [3.05, 3.63) is 29.8 Å². The summed E-state index contributed by atoms with van der Waals surface area (Å²) in [5.74, 6) is 0. The van der Waals surface area contributed by atoms with Crippen LogP contribution < -0.4 is 4.90 Å². The van der Waals surface area contributed by atoms with Crippen LogP contribution in [0.1, 0.15) is 45.7 Å². The highest BCUT2D eigenvalue weighted by molar-refractivity contribution is 5.67. The van der Waals surface area contributed by atoms with E-state index in [4.69, 9.17) is 0 Å². The molecular weight excluding hydrogens is 302 g/mol. The van der Waals surface area contributed by atoms with Crippen LogP contribution in [0.25, 0.3) is 0 Å². The molecule has 1 fully saturated rings. The Hall–Kier alpha value is -1.75. The van der Waals surface area contributed by atoms with E-state index < -0.39 is 11.6 Å². The first kappa shape index (κ1) is 18.6. The minimum atomic E-state index is -0.882. The van der Waals surface area contributed by atoms with Crippen molar-refractivity contribution in [1.82, 2.24) is 9.80 Å². The molecule has 24 heavy (non-hydrogen) atoms. The molecule has 2 rings (SSSR count). The van der Waals surface area contributed by atoms with Crippen molar-refractivity contribution in [3.8, 4) is 0 Å². The number of hydrogen-bond acceptors (Lipinski definition) is 3. The van der Waals surface area contributed by atoms with Gasteiger partial charge in [0.1, 0.15) is 0 Å². The van der Waals surface area contributed by atoms with Gasteiger partial charge in [-0.3, -0.25) is 4.90 Å². The summed E-state index contributed by atoms with van der Waals surface area (Å²) >= 11 is 0. The molecule has 2 atom stereocenters. The van der Waals surface area contributed by atoms with Crippen LogP contribution in [-0.2, 0) is 0 Å². The molecule has 0 spiro atoms. The molecule has 0 unspecified atom stereocenters. The van der Waals surface area contributed by atoms with Gasteiger partial charge in [-0.15, -0.1) is 0 Å². The molecule has 0 saturated carbocycles. The van der Waals surface area contributed by atoms with Gasteiger partial charge in [-0.05, 0) is 65.9 Å². The predicted molar refractivity (Wildman–Crippen MR) is 98.8 cm³/mol. The minimum Gasteiger partial charge on any atom is -0.465 e. The average Bonchev–Trinajstić information content (AvgIpc) is 2.95. The molecule has 0 aromatic heterocycles. The molecule has 1 aliphatic rings. The molecular formula is C19H31N3O2. The number of carbonyl (C=O) groups is 1. The van der Waals surface area contributed by atoms with E-state index in [-0.39, 0.29) is 6.04 Å². The van der Waals surface area contributed by atoms with Crippen LogP contribution in [0, 0.1) is 0 Å². The largest absolute Gasteiger partial charge is 0.465 e. The Morgan fingerprint density at radius 3 is 2.25 bits per heavy atom. The normalized spacial score (nSPS) is 19.6. The summed E-state index contributed by atoms with van der Waals surface area (Å²) in [4.78, 5) is 17.8. The van der Waals surface area contributed by atoms with Gasteiger partial charge in [-0.1, -0.05) is 12.1 Å². The summed E-state index contributed by atoms with van der Waals surface area (Å²) in [6.45, 7) is 9.85. The van der Waals surface area contributed by atoms with Crippen LogP contribution in [0.15, 0.2) is 24.3 Å². The lowest BCUT2D eigenvalue weighted by Gasteiger charge is -2.38. The maximum atomic E-state index is 11.6. The van der Waals surface area contributed by atoms with Crippen LogP contribution in [0.2, 0.25) is 0 Å². The Labute approximate surface area is 145 Å². The average molecular weight is 333 g/mol. The zero-order valence-corrected chi connectivity index (χ0v) is 15.8. The predicted octanol–water partition coefficient (Wildman–Crippen LogP) is 3.67. The van der Waals surface area contributed by atoms with Crippen molar-refractivity contribution in [2.75, 3.05) is 32.1 Å². The molecule has 1 N–H and O–H groups in total. The minimum absolute atomic E-state index is 0.176. The third-order valence-corrected chi connectivity index (χ3v) is 4.95. The summed E-state index contributed by atoms with van der Waals surface area (Å²) in [6.07, 6.45) is 0.301. The lowest BCUT2D eigenvalue weighted by molar-refractivity contribution is 0.0753. The summed E-state index contributed by atoms with van der Waals surface area (Å²) in [5, 5.41) is 9.56. The van der Waals surface area contributed by atoms with Crippen molar-refractivity contribution in [2.24, 2.45) is 0 Å². The van der Waals surface area contributed by atoms with Gasteiger partial charge in [0.2, 0.25) is 0 Å². The molecule has 1 aromatic rings. The fraction of sp³-hybridized carbons (Fsp3) is 0.632. The summed E-state index contributed by atoms with van der Waals surface area (Å²) in [6, 6.07) is 8.78. The third kappa shape index (κ3) is 4.01. The Morgan fingerprint density at radius 1 is 1.25 bits per heavy atom. The molecule has 0 radical (unpaired) electrons. The van der Waals surface area contributed by atoms with Crippen molar-refractivity contribution in [1.29, 1.82) is 0 Å². The van der Waals surface area contributed by atoms with Crippen molar-refractivity contribution < 1.29 is 9.90 Å². The third-order valence-electron chi connectivity index (χ3n) is 4.95. The number of benzene rings is 1. The first-order chi connectivity index (χ1) is 11.1. The van der Waals surface area contributed by atoms with E-state index in [2.05, 4.69) is 48.2 Å². The lowest BCUT2D eigenvalue weighted by Crippen LogP contribution is -2.46. The monoisotopic (exact) mass is 333 g/mol. The van der Waals surface area contributed by atoms with Gasteiger partial charge in [0.15, 0.2) is 0 Å². The van der Waals surface area contributed by atoms with Crippen LogP contribution in [0.3, 0.4) is 0 Å². The van der Waals surface area contributed by atoms with Gasteiger partial charge >= 0.3 is 6.09 Å². The van der Waals surface area contributed by atoms with Gasteiger partial charge < -0.3 is 14.9 Å². The Kier molecular flexibility index (Phi) is 5.43. The fourth-order valence-corrected chi connectivity index (χ4v) is 3.54. The Bertz CT molecular complexity index is 563. The fourth-order valence-electron chi connectivity index (χ4n) is 3.54. The molecule has 5 nitrogen and oxygen atoms in total. The molecule has 1 aliphatic heterocycles. The van der Waals surface area contributed by atoms with E-state index in [9.17, 15) is 9.90 Å². The molecule has 5 heteroatoms. The highest BCUT2D eigenvalue weighted by Crippen LogP contribution is 2.30. The van der Waals surface area contributed by atoms with Gasteiger partial charge in [0, 0.05) is 30.4 Å². The zero-order chi connectivity index (χ0) is 18.1. The summed E-state index contributed by atoms with van der Waals surface area (Å²) < 4.78 is 0. The van der Waals surface area contributed by atoms with Crippen LogP contribution >= 0.6 is 0 Å². The second-order valence-corrected chi connectivity index (χ2v) is 7.94. The van der Waals surface area contributed by atoms with Crippen molar-refractivity contribution in [2.45, 2.75) is 51.7 Å². The maximum absolute atomic E-state index is 11.6. The van der Waals surface area contributed by atoms with E-state index in [0.717, 1.165) is 18.7 Å². The zero-order valence-electron chi connectivity index (χ0n) is 15.8. The van der Waals surface area contributed by atoms with Crippen LogP contribution in [-0.4, -0.2) is 59.8 Å². The van der Waals surface area contributed by atoms with E-state index in [0.29, 0.717) is 6.04 Å². The maximum Gasteiger partial charge on any atom is 0.408 e. The first-order valence-corrected chi connectivity index (χ1v) is 8.65. The standard InChI is InChI=1S/C19H31N3O2/c1-14(22(18(23)24)19(2,3)4)15-7-9-16(10-8-15)21-12-11-17(13-21)20(5)6/h7-10,14,17H,11-13H2,1-6H3,(H,23,24)/t14-,17+/m0/s1. The molecule has 1 saturated heterocycles. The highest BCUT2D eigenvalue weighted by Gasteiger charge is 2.31. The second-order valence-electron chi connectivity index (χ2n) is 7.94. The van der Waals surface area contributed by atoms with Gasteiger partial charge in [0.05, 0.1) is 6.04 Å². The lowest BCUT2D eigenvalue weighted by atomic mass is 9.99. The van der Waals surface area contributed by atoms with Crippen LogP contribution in [0.4, 0.5) is 10.5 Å². The van der Waals surface area contributed by atoms with Crippen molar-refractivity contribution in [3.63, 3.8) is 0 Å². The first-order valence-electron chi connectivity index (χ1n) is 8.65. The number of anilines is 1. The number of amides is 1. The molecule has 0 bridgehead atoms. The molecule has 1 amide bonds. The van der Waals surface area contributed by atoms with Gasteiger partial charge in [-0.2, -0.15) is 0 Å². The van der Waals surface area contributed by atoms with E-state index >= 15 is 0 Å². The number of nitrogens with zero attached hydrogens (tertiary/aromatic N) is 3. The Morgan fingerprint density at radius 2 is 1.83 bits per heavy atom. The van der Waals surface area contributed by atoms with Crippen molar-refractivity contribution >= 4 is 11.8 Å². The molecule has 1 heterocycles. The molecule has 1 aromatic carbocycles. The van der Waals surface area contributed by atoms with Gasteiger partial charge in [0.25, 0.3) is 0 Å². The van der Waals surface area contributed by atoms with E-state index in [1.165, 1.54) is 17.0 Å². The molecule has 0 aliphatic carbocycles. The SMILES string of the molecule is C[C@@H](c1ccc(N2CC[C@@H](N(C)C)C2)cc1)N(C(=O)O)C(C)(C)C.